The molecule has 0 amide bonds. The fraction of sp³-hybridized carbons (Fsp3) is 0.0769. The number of nitrogens with zero attached hydrogens (tertiary/aromatic N) is 1. The Labute approximate surface area is 101 Å². The first kappa shape index (κ1) is 10.6. The number of nitro groups is 1. The van der Waals surface area contributed by atoms with Gasteiger partial charge in [0, 0.05) is 17.7 Å². The van der Waals surface area contributed by atoms with E-state index >= 15 is 0 Å². The predicted octanol–water partition coefficient (Wildman–Crippen LogP) is 3.51. The third-order valence-electron chi connectivity index (χ3n) is 3.00. The Morgan fingerprint density at radius 1 is 1.22 bits per heavy atom. The van der Waals surface area contributed by atoms with Gasteiger partial charge in [0.05, 0.1) is 4.92 Å². The summed E-state index contributed by atoms with van der Waals surface area (Å²) in [5.74, 6) is 0.257. The Kier molecular flexibility index (Phi) is 2.04. The zero-order chi connectivity index (χ0) is 12.9. The van der Waals surface area contributed by atoms with Gasteiger partial charge in [-0.15, -0.1) is 0 Å². The summed E-state index contributed by atoms with van der Waals surface area (Å²) in [6, 6.07) is 8.48. The highest BCUT2D eigenvalue weighted by Crippen LogP contribution is 2.40. The van der Waals surface area contributed by atoms with Gasteiger partial charge in [0.2, 0.25) is 0 Å². The highest BCUT2D eigenvalue weighted by Gasteiger charge is 2.23. The number of phenolic OH excluding ortho intramolecular Hbond substituents is 1. The van der Waals surface area contributed by atoms with Gasteiger partial charge in [0.25, 0.3) is 0 Å². The maximum absolute atomic E-state index is 11.0. The van der Waals surface area contributed by atoms with Crippen molar-refractivity contribution in [1.82, 2.24) is 0 Å². The van der Waals surface area contributed by atoms with Crippen LogP contribution in [-0.2, 0) is 0 Å². The molecular weight excluding hydrogens is 234 g/mol. The molecule has 3 rings (SSSR count). The van der Waals surface area contributed by atoms with Crippen LogP contribution in [0, 0.1) is 17.0 Å². The molecule has 0 aliphatic heterocycles. The molecule has 5 heteroatoms. The summed E-state index contributed by atoms with van der Waals surface area (Å²) in [5, 5.41) is 22.5. The second-order valence-corrected chi connectivity index (χ2v) is 4.08. The monoisotopic (exact) mass is 243 g/mol. The van der Waals surface area contributed by atoms with Crippen molar-refractivity contribution in [2.45, 2.75) is 6.92 Å². The molecule has 0 unspecified atom stereocenters. The van der Waals surface area contributed by atoms with Gasteiger partial charge in [-0.25, -0.2) is 0 Å². The van der Waals surface area contributed by atoms with E-state index in [9.17, 15) is 15.2 Å². The fourth-order valence-electron chi connectivity index (χ4n) is 2.23. The van der Waals surface area contributed by atoms with Crippen molar-refractivity contribution in [1.29, 1.82) is 0 Å². The zero-order valence-electron chi connectivity index (χ0n) is 9.51. The van der Waals surface area contributed by atoms with Gasteiger partial charge >= 0.3 is 5.69 Å². The van der Waals surface area contributed by atoms with Gasteiger partial charge in [-0.2, -0.15) is 0 Å². The van der Waals surface area contributed by atoms with Crippen LogP contribution >= 0.6 is 0 Å². The lowest BCUT2D eigenvalue weighted by Gasteiger charge is -2.00. The third-order valence-corrected chi connectivity index (χ3v) is 3.00. The molecule has 1 aromatic heterocycles. The van der Waals surface area contributed by atoms with Crippen LogP contribution in [0.3, 0.4) is 0 Å². The first-order chi connectivity index (χ1) is 8.59. The largest absolute Gasteiger partial charge is 0.507 e. The topological polar surface area (TPSA) is 76.5 Å². The molecule has 0 fully saturated rings. The van der Waals surface area contributed by atoms with Crippen molar-refractivity contribution in [2.24, 2.45) is 0 Å². The summed E-state index contributed by atoms with van der Waals surface area (Å²) in [7, 11) is 0. The lowest BCUT2D eigenvalue weighted by molar-refractivity contribution is -0.384. The smallest absolute Gasteiger partial charge is 0.318 e. The van der Waals surface area contributed by atoms with E-state index in [0.29, 0.717) is 21.7 Å². The predicted molar refractivity (Wildman–Crippen MR) is 66.8 cm³/mol. The van der Waals surface area contributed by atoms with E-state index in [1.807, 2.05) is 0 Å². The molecule has 0 bridgehead atoms. The molecule has 90 valence electrons. The van der Waals surface area contributed by atoms with Crippen LogP contribution in [-0.4, -0.2) is 10.0 Å². The van der Waals surface area contributed by atoms with Crippen molar-refractivity contribution < 1.29 is 14.4 Å². The second kappa shape index (κ2) is 3.46. The minimum Gasteiger partial charge on any atom is -0.507 e. The van der Waals surface area contributed by atoms with E-state index in [0.717, 1.165) is 0 Å². The van der Waals surface area contributed by atoms with Crippen LogP contribution in [0.5, 0.6) is 5.75 Å². The summed E-state index contributed by atoms with van der Waals surface area (Å²) >= 11 is 0. The van der Waals surface area contributed by atoms with E-state index in [1.54, 1.807) is 31.2 Å². The molecule has 1 N–H and O–H groups in total. The molecular formula is C13H9NO4. The Morgan fingerprint density at radius 3 is 2.56 bits per heavy atom. The van der Waals surface area contributed by atoms with Crippen LogP contribution in [0.4, 0.5) is 5.69 Å². The van der Waals surface area contributed by atoms with Gasteiger partial charge in [-0.3, -0.25) is 10.1 Å². The van der Waals surface area contributed by atoms with E-state index in [1.165, 1.54) is 6.07 Å². The van der Waals surface area contributed by atoms with E-state index in [-0.39, 0.29) is 17.2 Å². The average molecular weight is 243 g/mol. The van der Waals surface area contributed by atoms with Crippen molar-refractivity contribution in [2.75, 3.05) is 0 Å². The second-order valence-electron chi connectivity index (χ2n) is 4.08. The molecule has 5 nitrogen and oxygen atoms in total. The molecule has 0 spiro atoms. The third kappa shape index (κ3) is 1.27. The molecule has 0 aliphatic carbocycles. The Balaban J connectivity index is 2.58. The first-order valence-corrected chi connectivity index (χ1v) is 5.38. The van der Waals surface area contributed by atoms with Crippen LogP contribution in [0.1, 0.15) is 5.76 Å². The average Bonchev–Trinajstić information content (AvgIpc) is 2.66. The highest BCUT2D eigenvalue weighted by molar-refractivity contribution is 6.10. The normalized spacial score (nSPS) is 11.2. The van der Waals surface area contributed by atoms with Gasteiger partial charge < -0.3 is 9.52 Å². The zero-order valence-corrected chi connectivity index (χ0v) is 9.51. The minimum atomic E-state index is -0.491. The summed E-state index contributed by atoms with van der Waals surface area (Å²) < 4.78 is 5.48. The van der Waals surface area contributed by atoms with Gasteiger partial charge in [-0.1, -0.05) is 24.3 Å². The number of aromatic hydroxyl groups is 1. The van der Waals surface area contributed by atoms with Crippen molar-refractivity contribution in [3.8, 4) is 5.75 Å². The van der Waals surface area contributed by atoms with Crippen LogP contribution in [0.2, 0.25) is 0 Å². The Bertz CT molecular complexity index is 788. The standard InChI is InChI=1S/C13H9NO4/c1-7-12(14(16)17)10-6-11(15)8-4-2-3-5-9(8)13(10)18-7/h2-6,15H,1H3. The maximum Gasteiger partial charge on any atom is 0.318 e. The molecule has 18 heavy (non-hydrogen) atoms. The summed E-state index contributed by atoms with van der Waals surface area (Å²) in [6.07, 6.45) is 0. The van der Waals surface area contributed by atoms with Crippen LogP contribution in [0.15, 0.2) is 34.7 Å². The molecule has 0 radical (unpaired) electrons. The highest BCUT2D eigenvalue weighted by atomic mass is 16.6. The molecule has 0 atom stereocenters. The number of fused-ring (bicyclic) bond motifs is 3. The number of rotatable bonds is 1. The quantitative estimate of drug-likeness (QED) is 0.524. The number of furan rings is 1. The number of phenols is 1. The molecule has 0 saturated heterocycles. The molecule has 1 heterocycles. The van der Waals surface area contributed by atoms with Crippen LogP contribution < -0.4 is 0 Å². The number of hydrogen-bond acceptors (Lipinski definition) is 4. The number of aryl methyl sites for hydroxylation is 1. The molecule has 2 aromatic carbocycles. The van der Waals surface area contributed by atoms with E-state index in [2.05, 4.69) is 0 Å². The Morgan fingerprint density at radius 2 is 1.89 bits per heavy atom. The number of hydrogen-bond donors (Lipinski definition) is 1. The molecule has 0 aliphatic rings. The maximum atomic E-state index is 11.0. The summed E-state index contributed by atoms with van der Waals surface area (Å²) in [4.78, 5) is 10.5. The van der Waals surface area contributed by atoms with Crippen molar-refractivity contribution >= 4 is 27.4 Å². The summed E-state index contributed by atoms with van der Waals surface area (Å²) in [5.41, 5.74) is 0.346. The lowest BCUT2D eigenvalue weighted by Crippen LogP contribution is -1.87. The molecule has 3 aromatic rings. The van der Waals surface area contributed by atoms with E-state index in [4.69, 9.17) is 4.42 Å². The minimum absolute atomic E-state index is 0.0157. The summed E-state index contributed by atoms with van der Waals surface area (Å²) in [6.45, 7) is 1.55. The SMILES string of the molecule is Cc1oc2c(cc(O)c3ccccc32)c1[N+](=O)[O-]. The number of benzene rings is 2. The fourth-order valence-corrected chi connectivity index (χ4v) is 2.23. The van der Waals surface area contributed by atoms with Gasteiger partial charge in [0.1, 0.15) is 16.7 Å². The van der Waals surface area contributed by atoms with E-state index < -0.39 is 4.92 Å². The van der Waals surface area contributed by atoms with Gasteiger partial charge in [-0.05, 0) is 6.07 Å². The lowest BCUT2D eigenvalue weighted by atomic mass is 10.1. The Hall–Kier alpha value is -2.56. The van der Waals surface area contributed by atoms with Crippen molar-refractivity contribution in [3.63, 3.8) is 0 Å². The van der Waals surface area contributed by atoms with Crippen molar-refractivity contribution in [3.05, 3.63) is 46.2 Å². The molecule has 0 saturated carbocycles. The van der Waals surface area contributed by atoms with Gasteiger partial charge in [0.15, 0.2) is 5.76 Å². The van der Waals surface area contributed by atoms with Crippen LogP contribution in [0.25, 0.3) is 21.7 Å². The first-order valence-electron chi connectivity index (χ1n) is 5.38.